The number of hydrogen-bond donors (Lipinski definition) is 1. The molecule has 1 aromatic rings. The van der Waals surface area contributed by atoms with Gasteiger partial charge in [0.15, 0.2) is 0 Å². The van der Waals surface area contributed by atoms with Gasteiger partial charge in [-0.15, -0.1) is 0 Å². The van der Waals surface area contributed by atoms with E-state index in [4.69, 9.17) is 4.74 Å². The van der Waals surface area contributed by atoms with Crippen LogP contribution in [0.25, 0.3) is 0 Å². The van der Waals surface area contributed by atoms with Crippen LogP contribution in [0, 0.1) is 5.41 Å². The van der Waals surface area contributed by atoms with E-state index in [9.17, 15) is 0 Å². The Morgan fingerprint density at radius 1 is 1.33 bits per heavy atom. The molecule has 2 aliphatic rings. The minimum Gasteiger partial charge on any atom is -0.493 e. The van der Waals surface area contributed by atoms with E-state index in [1.54, 1.807) is 0 Å². The van der Waals surface area contributed by atoms with E-state index in [0.29, 0.717) is 5.41 Å². The standard InChI is InChI=1S/C13H17NO/c1-13(5-6-13)9-15-12-4-2-3-10-7-14-8-11(10)12/h2-4,14H,5-9H2,1H3. The molecule has 2 heteroatoms. The van der Waals surface area contributed by atoms with E-state index in [1.165, 1.54) is 24.0 Å². The molecular formula is C13H17NO. The normalized spacial score (nSPS) is 21.1. The lowest BCUT2D eigenvalue weighted by atomic mass is 10.1. The van der Waals surface area contributed by atoms with Crippen LogP contribution in [0.3, 0.4) is 0 Å². The number of rotatable bonds is 3. The van der Waals surface area contributed by atoms with Crippen LogP contribution in [0.15, 0.2) is 18.2 Å². The van der Waals surface area contributed by atoms with Crippen molar-refractivity contribution in [2.45, 2.75) is 32.9 Å². The largest absolute Gasteiger partial charge is 0.493 e. The van der Waals surface area contributed by atoms with Gasteiger partial charge in [-0.05, 0) is 24.5 Å². The van der Waals surface area contributed by atoms with Crippen LogP contribution in [0.4, 0.5) is 0 Å². The Morgan fingerprint density at radius 3 is 3.00 bits per heavy atom. The van der Waals surface area contributed by atoms with Gasteiger partial charge in [0.05, 0.1) is 6.61 Å². The van der Waals surface area contributed by atoms with Gasteiger partial charge in [-0.2, -0.15) is 0 Å². The predicted octanol–water partition coefficient (Wildman–Crippen LogP) is 2.47. The molecule has 1 aromatic carbocycles. The summed E-state index contributed by atoms with van der Waals surface area (Å²) in [4.78, 5) is 0. The molecule has 0 aromatic heterocycles. The van der Waals surface area contributed by atoms with Gasteiger partial charge in [0.25, 0.3) is 0 Å². The summed E-state index contributed by atoms with van der Waals surface area (Å²) in [5.74, 6) is 1.09. The smallest absolute Gasteiger partial charge is 0.124 e. The summed E-state index contributed by atoms with van der Waals surface area (Å²) < 4.78 is 5.94. The molecule has 15 heavy (non-hydrogen) atoms. The Balaban J connectivity index is 1.77. The summed E-state index contributed by atoms with van der Waals surface area (Å²) in [7, 11) is 0. The number of fused-ring (bicyclic) bond motifs is 1. The van der Waals surface area contributed by atoms with Gasteiger partial charge in [0.1, 0.15) is 5.75 Å². The van der Waals surface area contributed by atoms with E-state index >= 15 is 0 Å². The van der Waals surface area contributed by atoms with Crippen molar-refractivity contribution in [2.75, 3.05) is 6.61 Å². The molecule has 0 unspecified atom stereocenters. The third-order valence-electron chi connectivity index (χ3n) is 3.53. The third kappa shape index (κ3) is 1.74. The zero-order valence-electron chi connectivity index (χ0n) is 9.18. The Hall–Kier alpha value is -1.02. The van der Waals surface area contributed by atoms with Crippen LogP contribution in [-0.4, -0.2) is 6.61 Å². The molecule has 2 nitrogen and oxygen atoms in total. The lowest BCUT2D eigenvalue weighted by Crippen LogP contribution is -2.10. The highest BCUT2D eigenvalue weighted by molar-refractivity contribution is 5.42. The molecule has 3 rings (SSSR count). The van der Waals surface area contributed by atoms with E-state index in [0.717, 1.165) is 25.4 Å². The van der Waals surface area contributed by atoms with E-state index in [2.05, 4.69) is 30.4 Å². The maximum atomic E-state index is 5.94. The van der Waals surface area contributed by atoms with Gasteiger partial charge < -0.3 is 10.1 Å². The summed E-state index contributed by atoms with van der Waals surface area (Å²) in [5.41, 5.74) is 3.23. The highest BCUT2D eigenvalue weighted by atomic mass is 16.5. The number of nitrogens with one attached hydrogen (secondary N) is 1. The average molecular weight is 203 g/mol. The number of benzene rings is 1. The Bertz CT molecular complexity index is 382. The molecule has 0 spiro atoms. The summed E-state index contributed by atoms with van der Waals surface area (Å²) >= 11 is 0. The second kappa shape index (κ2) is 3.24. The molecule has 0 radical (unpaired) electrons. The minimum atomic E-state index is 0.467. The predicted molar refractivity (Wildman–Crippen MR) is 59.8 cm³/mol. The van der Waals surface area contributed by atoms with Crippen molar-refractivity contribution in [3.63, 3.8) is 0 Å². The van der Waals surface area contributed by atoms with Crippen LogP contribution in [0.5, 0.6) is 5.75 Å². The third-order valence-corrected chi connectivity index (χ3v) is 3.53. The van der Waals surface area contributed by atoms with Gasteiger partial charge in [0.2, 0.25) is 0 Å². The SMILES string of the molecule is CC1(COc2cccc3c2CNC3)CC1. The molecule has 1 heterocycles. The monoisotopic (exact) mass is 203 g/mol. The fraction of sp³-hybridized carbons (Fsp3) is 0.538. The highest BCUT2D eigenvalue weighted by Gasteiger charge is 2.38. The quantitative estimate of drug-likeness (QED) is 0.814. The van der Waals surface area contributed by atoms with Crippen LogP contribution in [-0.2, 0) is 13.1 Å². The topological polar surface area (TPSA) is 21.3 Å². The molecule has 0 atom stereocenters. The Labute approximate surface area is 90.6 Å². The molecule has 1 N–H and O–H groups in total. The van der Waals surface area contributed by atoms with Crippen molar-refractivity contribution in [1.29, 1.82) is 0 Å². The first kappa shape index (κ1) is 9.22. The first-order valence-electron chi connectivity index (χ1n) is 5.71. The van der Waals surface area contributed by atoms with Crippen molar-refractivity contribution in [2.24, 2.45) is 5.41 Å². The van der Waals surface area contributed by atoms with E-state index in [-0.39, 0.29) is 0 Å². The molecule has 0 amide bonds. The molecule has 1 saturated carbocycles. The van der Waals surface area contributed by atoms with Crippen LogP contribution in [0.1, 0.15) is 30.9 Å². The molecule has 0 bridgehead atoms. The zero-order valence-corrected chi connectivity index (χ0v) is 9.18. The van der Waals surface area contributed by atoms with Crippen LogP contribution >= 0.6 is 0 Å². The minimum absolute atomic E-state index is 0.467. The van der Waals surface area contributed by atoms with E-state index < -0.39 is 0 Å². The number of hydrogen-bond acceptors (Lipinski definition) is 2. The highest BCUT2D eigenvalue weighted by Crippen LogP contribution is 2.45. The van der Waals surface area contributed by atoms with Gasteiger partial charge in [-0.1, -0.05) is 19.1 Å². The maximum Gasteiger partial charge on any atom is 0.124 e. The van der Waals surface area contributed by atoms with Crippen molar-refractivity contribution in [1.82, 2.24) is 5.32 Å². The molecule has 1 aliphatic carbocycles. The average Bonchev–Trinajstić information content (AvgIpc) is 2.80. The fourth-order valence-corrected chi connectivity index (χ4v) is 2.04. The molecule has 0 saturated heterocycles. The molecule has 1 fully saturated rings. The zero-order chi connectivity index (χ0) is 10.3. The lowest BCUT2D eigenvalue weighted by Gasteiger charge is -2.13. The molecule has 1 aliphatic heterocycles. The summed E-state index contributed by atoms with van der Waals surface area (Å²) in [5, 5.41) is 3.36. The van der Waals surface area contributed by atoms with Gasteiger partial charge in [-0.25, -0.2) is 0 Å². The molecular weight excluding hydrogens is 186 g/mol. The lowest BCUT2D eigenvalue weighted by molar-refractivity contribution is 0.245. The Kier molecular flexibility index (Phi) is 1.99. The van der Waals surface area contributed by atoms with Gasteiger partial charge in [-0.3, -0.25) is 0 Å². The van der Waals surface area contributed by atoms with Crippen molar-refractivity contribution < 1.29 is 4.74 Å². The van der Waals surface area contributed by atoms with Crippen molar-refractivity contribution in [3.8, 4) is 5.75 Å². The first-order chi connectivity index (χ1) is 7.27. The van der Waals surface area contributed by atoms with Gasteiger partial charge in [0, 0.05) is 24.1 Å². The first-order valence-corrected chi connectivity index (χ1v) is 5.71. The van der Waals surface area contributed by atoms with Crippen LogP contribution in [0.2, 0.25) is 0 Å². The van der Waals surface area contributed by atoms with Crippen LogP contribution < -0.4 is 10.1 Å². The Morgan fingerprint density at radius 2 is 2.20 bits per heavy atom. The molecule has 80 valence electrons. The fourth-order valence-electron chi connectivity index (χ4n) is 2.04. The van der Waals surface area contributed by atoms with Crippen molar-refractivity contribution >= 4 is 0 Å². The van der Waals surface area contributed by atoms with Gasteiger partial charge >= 0.3 is 0 Å². The maximum absolute atomic E-state index is 5.94. The second-order valence-corrected chi connectivity index (χ2v) is 5.10. The summed E-state index contributed by atoms with van der Waals surface area (Å²) in [6.07, 6.45) is 2.64. The summed E-state index contributed by atoms with van der Waals surface area (Å²) in [6, 6.07) is 6.37. The van der Waals surface area contributed by atoms with Crippen molar-refractivity contribution in [3.05, 3.63) is 29.3 Å². The number of ether oxygens (including phenoxy) is 1. The summed E-state index contributed by atoms with van der Waals surface area (Å²) in [6.45, 7) is 5.13. The second-order valence-electron chi connectivity index (χ2n) is 5.10. The van der Waals surface area contributed by atoms with E-state index in [1.807, 2.05) is 0 Å².